The van der Waals surface area contributed by atoms with Crippen LogP contribution in [-0.4, -0.2) is 45.5 Å². The molecule has 1 unspecified atom stereocenters. The molecular formula is C21H23N5. The first kappa shape index (κ1) is 16.6. The summed E-state index contributed by atoms with van der Waals surface area (Å²) in [6.07, 6.45) is 11.8. The van der Waals surface area contributed by atoms with E-state index in [1.54, 1.807) is 6.20 Å². The fourth-order valence-corrected chi connectivity index (χ4v) is 3.67. The molecule has 3 heterocycles. The highest BCUT2D eigenvalue weighted by Crippen LogP contribution is 2.30. The number of hydrogen-bond donors (Lipinski definition) is 2. The lowest BCUT2D eigenvalue weighted by Gasteiger charge is -2.32. The van der Waals surface area contributed by atoms with Crippen LogP contribution in [0.1, 0.15) is 25.3 Å². The van der Waals surface area contributed by atoms with Crippen LogP contribution in [0.4, 0.5) is 5.95 Å². The summed E-state index contributed by atoms with van der Waals surface area (Å²) < 4.78 is 0. The number of nitrogens with zero attached hydrogens (tertiary/aromatic N) is 3. The largest absolute Gasteiger partial charge is 0.360 e. The van der Waals surface area contributed by atoms with Gasteiger partial charge < -0.3 is 15.2 Å². The van der Waals surface area contributed by atoms with Crippen LogP contribution in [0.3, 0.4) is 0 Å². The van der Waals surface area contributed by atoms with Gasteiger partial charge in [-0.25, -0.2) is 9.97 Å². The summed E-state index contributed by atoms with van der Waals surface area (Å²) in [6.45, 7) is 5.48. The summed E-state index contributed by atoms with van der Waals surface area (Å²) in [5.41, 5.74) is 3.59. The van der Waals surface area contributed by atoms with Crippen molar-refractivity contribution in [2.45, 2.75) is 25.8 Å². The number of likely N-dealkylation sites (tertiary alicyclic amines) is 1. The molecule has 3 aromatic rings. The van der Waals surface area contributed by atoms with E-state index < -0.39 is 0 Å². The Bertz CT molecular complexity index is 952. The van der Waals surface area contributed by atoms with Gasteiger partial charge in [-0.05, 0) is 32.0 Å². The number of aromatic amines is 1. The van der Waals surface area contributed by atoms with Crippen LogP contribution in [0.2, 0.25) is 0 Å². The molecule has 132 valence electrons. The topological polar surface area (TPSA) is 56.8 Å². The zero-order valence-corrected chi connectivity index (χ0v) is 15.0. The number of hydrogen-bond acceptors (Lipinski definition) is 4. The number of terminal acetylenes is 1. The van der Waals surface area contributed by atoms with E-state index in [2.05, 4.69) is 45.2 Å². The number of aromatic nitrogens is 3. The summed E-state index contributed by atoms with van der Waals surface area (Å²) in [4.78, 5) is 15.0. The SMILES string of the molecule is C#Cc1cnc(NC2CCCN(CC)C2)nc1-c1c[nH]c2ccccc12. The lowest BCUT2D eigenvalue weighted by atomic mass is 10.1. The van der Waals surface area contributed by atoms with Gasteiger partial charge >= 0.3 is 0 Å². The Hall–Kier alpha value is -2.84. The van der Waals surface area contributed by atoms with Crippen LogP contribution in [0.15, 0.2) is 36.7 Å². The van der Waals surface area contributed by atoms with E-state index in [9.17, 15) is 0 Å². The third kappa shape index (κ3) is 3.16. The van der Waals surface area contributed by atoms with Gasteiger partial charge in [0.2, 0.25) is 5.95 Å². The molecule has 1 atom stereocenters. The van der Waals surface area contributed by atoms with Crippen LogP contribution in [-0.2, 0) is 0 Å². The molecular weight excluding hydrogens is 322 g/mol. The van der Waals surface area contributed by atoms with Crippen LogP contribution < -0.4 is 5.32 Å². The van der Waals surface area contributed by atoms with Gasteiger partial charge in [0.15, 0.2) is 0 Å². The number of fused-ring (bicyclic) bond motifs is 1. The predicted molar refractivity (Wildman–Crippen MR) is 106 cm³/mol. The van der Waals surface area contributed by atoms with Gasteiger partial charge in [-0.15, -0.1) is 6.42 Å². The Morgan fingerprint density at radius 1 is 1.38 bits per heavy atom. The molecule has 0 amide bonds. The normalized spacial score (nSPS) is 17.9. The minimum atomic E-state index is 0.371. The van der Waals surface area contributed by atoms with Crippen molar-refractivity contribution in [2.24, 2.45) is 0 Å². The molecule has 1 aliphatic heterocycles. The smallest absolute Gasteiger partial charge is 0.223 e. The second-order valence-corrected chi connectivity index (χ2v) is 6.72. The highest BCUT2D eigenvalue weighted by molar-refractivity contribution is 5.95. The lowest BCUT2D eigenvalue weighted by Crippen LogP contribution is -2.42. The van der Waals surface area contributed by atoms with Gasteiger partial charge in [-0.3, -0.25) is 0 Å². The van der Waals surface area contributed by atoms with Crippen molar-refractivity contribution in [1.82, 2.24) is 19.9 Å². The molecule has 1 aliphatic rings. The molecule has 0 saturated carbocycles. The number of likely N-dealkylation sites (N-methyl/N-ethyl adjacent to an activating group) is 1. The average Bonchev–Trinajstić information content (AvgIpc) is 3.12. The third-order valence-electron chi connectivity index (χ3n) is 5.07. The van der Waals surface area contributed by atoms with E-state index in [0.29, 0.717) is 17.6 Å². The summed E-state index contributed by atoms with van der Waals surface area (Å²) >= 11 is 0. The van der Waals surface area contributed by atoms with E-state index in [1.807, 2.05) is 18.3 Å². The maximum absolute atomic E-state index is 5.70. The number of nitrogens with one attached hydrogen (secondary N) is 2. The van der Waals surface area contributed by atoms with Crippen molar-refractivity contribution in [3.63, 3.8) is 0 Å². The number of benzene rings is 1. The van der Waals surface area contributed by atoms with E-state index in [1.165, 1.54) is 13.0 Å². The zero-order valence-electron chi connectivity index (χ0n) is 15.0. The Morgan fingerprint density at radius 3 is 3.12 bits per heavy atom. The Labute approximate surface area is 153 Å². The quantitative estimate of drug-likeness (QED) is 0.711. The minimum absolute atomic E-state index is 0.371. The fraction of sp³-hybridized carbons (Fsp3) is 0.333. The first-order chi connectivity index (χ1) is 12.8. The average molecular weight is 345 g/mol. The van der Waals surface area contributed by atoms with E-state index in [-0.39, 0.29) is 0 Å². The van der Waals surface area contributed by atoms with Crippen LogP contribution in [0, 0.1) is 12.3 Å². The summed E-state index contributed by atoms with van der Waals surface area (Å²) in [5, 5.41) is 4.62. The van der Waals surface area contributed by atoms with Gasteiger partial charge in [0.05, 0.1) is 11.3 Å². The zero-order chi connectivity index (χ0) is 17.9. The standard InChI is InChI=1S/C21H23N5/c1-3-15-12-23-21(24-16-8-7-11-26(4-2)14-16)25-20(15)18-13-22-19-10-6-5-9-17(18)19/h1,5-6,9-10,12-13,16,22H,4,7-8,11,14H2,2H3,(H,23,24,25). The molecule has 5 heteroatoms. The first-order valence-electron chi connectivity index (χ1n) is 9.17. The molecule has 0 radical (unpaired) electrons. The summed E-state index contributed by atoms with van der Waals surface area (Å²) in [6, 6.07) is 8.54. The molecule has 4 rings (SSSR count). The van der Waals surface area contributed by atoms with Crippen molar-refractivity contribution in [3.05, 3.63) is 42.2 Å². The Morgan fingerprint density at radius 2 is 2.27 bits per heavy atom. The Balaban J connectivity index is 1.67. The Kier molecular flexibility index (Phi) is 4.59. The van der Waals surface area contributed by atoms with E-state index in [4.69, 9.17) is 11.4 Å². The summed E-state index contributed by atoms with van der Waals surface area (Å²) in [7, 11) is 0. The van der Waals surface area contributed by atoms with Crippen molar-refractivity contribution in [1.29, 1.82) is 0 Å². The number of H-pyrrole nitrogens is 1. The van der Waals surface area contributed by atoms with Gasteiger partial charge in [0.25, 0.3) is 0 Å². The molecule has 26 heavy (non-hydrogen) atoms. The van der Waals surface area contributed by atoms with Gasteiger partial charge in [-0.1, -0.05) is 31.0 Å². The molecule has 5 nitrogen and oxygen atoms in total. The highest BCUT2D eigenvalue weighted by Gasteiger charge is 2.20. The summed E-state index contributed by atoms with van der Waals surface area (Å²) in [5.74, 6) is 3.37. The number of anilines is 1. The lowest BCUT2D eigenvalue weighted by molar-refractivity contribution is 0.226. The fourth-order valence-electron chi connectivity index (χ4n) is 3.67. The maximum Gasteiger partial charge on any atom is 0.223 e. The first-order valence-corrected chi connectivity index (χ1v) is 9.17. The number of piperidine rings is 1. The number of para-hydroxylation sites is 1. The molecule has 1 aromatic carbocycles. The molecule has 0 aliphatic carbocycles. The highest BCUT2D eigenvalue weighted by atomic mass is 15.2. The second-order valence-electron chi connectivity index (χ2n) is 6.72. The van der Waals surface area contributed by atoms with Crippen LogP contribution in [0.25, 0.3) is 22.2 Å². The maximum atomic E-state index is 5.70. The molecule has 2 aromatic heterocycles. The molecule has 1 fully saturated rings. The number of rotatable bonds is 4. The molecule has 2 N–H and O–H groups in total. The van der Waals surface area contributed by atoms with Crippen molar-refractivity contribution in [2.75, 3.05) is 25.0 Å². The predicted octanol–water partition coefficient (Wildman–Crippen LogP) is 3.50. The van der Waals surface area contributed by atoms with Crippen molar-refractivity contribution >= 4 is 16.9 Å². The van der Waals surface area contributed by atoms with Crippen LogP contribution in [0.5, 0.6) is 0 Å². The van der Waals surface area contributed by atoms with Gasteiger partial charge in [-0.2, -0.15) is 0 Å². The molecule has 0 spiro atoms. The molecule has 0 bridgehead atoms. The van der Waals surface area contributed by atoms with Gasteiger partial charge in [0.1, 0.15) is 0 Å². The molecule has 1 saturated heterocycles. The van der Waals surface area contributed by atoms with Crippen molar-refractivity contribution in [3.8, 4) is 23.6 Å². The monoisotopic (exact) mass is 345 g/mol. The van der Waals surface area contributed by atoms with Crippen LogP contribution >= 0.6 is 0 Å². The minimum Gasteiger partial charge on any atom is -0.360 e. The van der Waals surface area contributed by atoms with E-state index >= 15 is 0 Å². The van der Waals surface area contributed by atoms with Gasteiger partial charge in [0, 0.05) is 41.4 Å². The van der Waals surface area contributed by atoms with Crippen molar-refractivity contribution < 1.29 is 0 Å². The van der Waals surface area contributed by atoms with E-state index in [0.717, 1.165) is 41.7 Å². The third-order valence-corrected chi connectivity index (χ3v) is 5.07. The second kappa shape index (κ2) is 7.19.